The number of amides is 3. The van der Waals surface area contributed by atoms with Crippen molar-refractivity contribution < 1.29 is 19.1 Å². The van der Waals surface area contributed by atoms with Crippen LogP contribution in [0.15, 0.2) is 42.5 Å². The van der Waals surface area contributed by atoms with Crippen LogP contribution in [0.4, 0.5) is 4.79 Å². The maximum atomic E-state index is 13.3. The maximum Gasteiger partial charge on any atom is 0.411 e. The molecule has 3 aliphatic rings. The topological polar surface area (TPSA) is 112 Å². The Labute approximate surface area is 217 Å². The molecule has 4 atom stereocenters. The highest BCUT2D eigenvalue weighted by atomic mass is 16.6. The van der Waals surface area contributed by atoms with Crippen molar-refractivity contribution in [2.24, 2.45) is 5.92 Å². The number of carbonyl (C=O) groups is 3. The van der Waals surface area contributed by atoms with Crippen LogP contribution in [0.1, 0.15) is 61.5 Å². The van der Waals surface area contributed by atoms with Crippen LogP contribution in [0, 0.1) is 17.2 Å². The molecule has 37 heavy (non-hydrogen) atoms. The van der Waals surface area contributed by atoms with Gasteiger partial charge in [-0.15, -0.1) is 0 Å². The first-order valence-corrected chi connectivity index (χ1v) is 12.8. The zero-order valence-corrected chi connectivity index (χ0v) is 21.4. The molecular weight excluding hydrogens is 468 g/mol. The smallest absolute Gasteiger partial charge is 0.411 e. The maximum absolute atomic E-state index is 13.3. The number of fused-ring (bicyclic) bond motifs is 3. The highest BCUT2D eigenvalue weighted by Gasteiger charge is 2.52. The number of nitrogens with one attached hydrogen (secondary N) is 2. The summed E-state index contributed by atoms with van der Waals surface area (Å²) < 4.78 is 5.58. The lowest BCUT2D eigenvalue weighted by Crippen LogP contribution is -2.55. The number of rotatable bonds is 5. The van der Waals surface area contributed by atoms with E-state index in [9.17, 15) is 19.6 Å². The van der Waals surface area contributed by atoms with Gasteiger partial charge in [0.2, 0.25) is 5.91 Å². The highest BCUT2D eigenvalue weighted by molar-refractivity contribution is 5.99. The second-order valence-electron chi connectivity index (χ2n) is 11.2. The molecule has 1 aliphatic carbocycles. The van der Waals surface area contributed by atoms with Crippen molar-refractivity contribution in [2.75, 3.05) is 0 Å². The minimum atomic E-state index is -0.721. The van der Waals surface area contributed by atoms with E-state index in [-0.39, 0.29) is 23.8 Å². The van der Waals surface area contributed by atoms with E-state index in [0.29, 0.717) is 18.5 Å². The summed E-state index contributed by atoms with van der Waals surface area (Å²) in [6.45, 7) is 6.00. The van der Waals surface area contributed by atoms with Gasteiger partial charge in [-0.1, -0.05) is 36.4 Å². The van der Waals surface area contributed by atoms with Gasteiger partial charge in [-0.2, -0.15) is 5.26 Å². The number of hydrogen-bond acceptors (Lipinski definition) is 5. The average Bonchev–Trinajstić information content (AvgIpc) is 3.58. The van der Waals surface area contributed by atoms with Crippen LogP contribution in [0.3, 0.4) is 0 Å². The minimum absolute atomic E-state index is 0.00831. The molecule has 0 unspecified atom stereocenters. The molecule has 2 aromatic rings. The van der Waals surface area contributed by atoms with Crippen LogP contribution in [-0.2, 0) is 22.5 Å². The number of nitriles is 1. The molecule has 2 aromatic carbocycles. The highest BCUT2D eigenvalue weighted by Crippen LogP contribution is 2.43. The molecule has 2 N–H and O–H groups in total. The van der Waals surface area contributed by atoms with Gasteiger partial charge < -0.3 is 15.4 Å². The first kappa shape index (κ1) is 24.8. The average molecular weight is 501 g/mol. The lowest BCUT2D eigenvalue weighted by atomic mass is 9.96. The van der Waals surface area contributed by atoms with Gasteiger partial charge in [0.25, 0.3) is 5.91 Å². The largest absolute Gasteiger partial charge is 0.444 e. The molecule has 3 amide bonds. The predicted molar refractivity (Wildman–Crippen MR) is 137 cm³/mol. The predicted octanol–water partition coefficient (Wildman–Crippen LogP) is 3.94. The molecule has 0 radical (unpaired) electrons. The number of likely N-dealkylation sites (tertiary alicyclic amines) is 1. The summed E-state index contributed by atoms with van der Waals surface area (Å²) in [4.78, 5) is 39.8. The Bertz CT molecular complexity index is 1270. The monoisotopic (exact) mass is 500 g/mol. The lowest BCUT2D eigenvalue weighted by Gasteiger charge is -2.35. The normalized spacial score (nSPS) is 22.7. The Morgan fingerprint density at radius 3 is 2.59 bits per heavy atom. The van der Waals surface area contributed by atoms with Crippen LogP contribution in [-0.4, -0.2) is 46.5 Å². The van der Waals surface area contributed by atoms with Crippen LogP contribution in [0.5, 0.6) is 0 Å². The van der Waals surface area contributed by atoms with E-state index in [2.05, 4.69) is 16.7 Å². The van der Waals surface area contributed by atoms with Crippen molar-refractivity contribution in [3.63, 3.8) is 0 Å². The summed E-state index contributed by atoms with van der Waals surface area (Å²) in [5, 5.41) is 15.5. The number of ether oxygens (including phenoxy) is 1. The fourth-order valence-electron chi connectivity index (χ4n) is 5.75. The van der Waals surface area contributed by atoms with Crippen molar-refractivity contribution in [3.05, 3.63) is 59.2 Å². The molecule has 2 aliphatic heterocycles. The molecule has 192 valence electrons. The molecule has 8 nitrogen and oxygen atoms in total. The van der Waals surface area contributed by atoms with Crippen molar-refractivity contribution in [3.8, 4) is 17.2 Å². The molecule has 5 rings (SSSR count). The van der Waals surface area contributed by atoms with Crippen LogP contribution in [0.25, 0.3) is 11.1 Å². The first-order valence-electron chi connectivity index (χ1n) is 12.8. The molecule has 1 saturated heterocycles. The summed E-state index contributed by atoms with van der Waals surface area (Å²) in [6.07, 6.45) is 2.44. The van der Waals surface area contributed by atoms with Gasteiger partial charge in [0, 0.05) is 24.6 Å². The summed E-state index contributed by atoms with van der Waals surface area (Å²) >= 11 is 0. The van der Waals surface area contributed by atoms with E-state index in [1.165, 1.54) is 0 Å². The summed E-state index contributed by atoms with van der Waals surface area (Å²) in [5.74, 6) is -0.259. The molecule has 0 aromatic heterocycles. The summed E-state index contributed by atoms with van der Waals surface area (Å²) in [7, 11) is 0. The zero-order valence-electron chi connectivity index (χ0n) is 21.4. The van der Waals surface area contributed by atoms with Gasteiger partial charge in [-0.25, -0.2) is 4.79 Å². The third kappa shape index (κ3) is 5.04. The number of nitrogens with zero attached hydrogens (tertiary/aromatic N) is 2. The standard InChI is InChI=1S/C29H32N4O4/c1-29(2,3)37-28(36)33-23-11-10-20(13-23)25(33)27(35)32-22(15-30)12-17-4-6-18(7-5-17)19-8-9-21-16-31-26(34)24(21)14-19/h4-9,14,20,22-23,25H,10-13,16H2,1-3H3,(H,31,34)(H,32,35)/t20-,22-,23+,25-/m0/s1. The van der Waals surface area contributed by atoms with Crippen molar-refractivity contribution in [2.45, 2.75) is 76.7 Å². The van der Waals surface area contributed by atoms with Gasteiger partial charge in [-0.3, -0.25) is 14.5 Å². The van der Waals surface area contributed by atoms with E-state index >= 15 is 0 Å². The second-order valence-corrected chi connectivity index (χ2v) is 11.2. The quantitative estimate of drug-likeness (QED) is 0.646. The van der Waals surface area contributed by atoms with E-state index in [0.717, 1.165) is 41.5 Å². The SMILES string of the molecule is CC(C)(C)OC(=O)N1[C@@H]2CC[C@@H](C2)[C@H]1C(=O)N[C@H](C#N)Cc1ccc(-c2ccc3c(c2)C(=O)NC3)cc1. The fraction of sp³-hybridized carbons (Fsp3) is 0.448. The Morgan fingerprint density at radius 1 is 1.16 bits per heavy atom. The first-order chi connectivity index (χ1) is 17.6. The Kier molecular flexibility index (Phi) is 6.40. The second kappa shape index (κ2) is 9.55. The van der Waals surface area contributed by atoms with E-state index in [1.807, 2.05) is 63.2 Å². The Hall–Kier alpha value is -3.86. The van der Waals surface area contributed by atoms with Crippen molar-refractivity contribution in [1.82, 2.24) is 15.5 Å². The van der Waals surface area contributed by atoms with Crippen molar-refractivity contribution >= 4 is 17.9 Å². The van der Waals surface area contributed by atoms with Crippen LogP contribution >= 0.6 is 0 Å². The Balaban J connectivity index is 1.25. The molecular formula is C29H32N4O4. The third-order valence-electron chi connectivity index (χ3n) is 7.45. The summed E-state index contributed by atoms with van der Waals surface area (Å²) in [5.41, 5.74) is 3.89. The Morgan fingerprint density at radius 2 is 1.89 bits per heavy atom. The van der Waals surface area contributed by atoms with E-state index in [4.69, 9.17) is 4.74 Å². The molecule has 2 bridgehead atoms. The minimum Gasteiger partial charge on any atom is -0.444 e. The number of piperidine rings is 1. The third-order valence-corrected chi connectivity index (χ3v) is 7.45. The molecule has 8 heteroatoms. The molecule has 0 spiro atoms. The molecule has 2 heterocycles. The number of carbonyl (C=O) groups excluding carboxylic acids is 3. The van der Waals surface area contributed by atoms with E-state index < -0.39 is 23.8 Å². The zero-order chi connectivity index (χ0) is 26.3. The van der Waals surface area contributed by atoms with Gasteiger partial charge >= 0.3 is 6.09 Å². The van der Waals surface area contributed by atoms with Crippen molar-refractivity contribution in [1.29, 1.82) is 5.26 Å². The van der Waals surface area contributed by atoms with Gasteiger partial charge in [0.05, 0.1) is 6.07 Å². The summed E-state index contributed by atoms with van der Waals surface area (Å²) in [6, 6.07) is 14.5. The van der Waals surface area contributed by atoms with Gasteiger partial charge in [-0.05, 0) is 74.3 Å². The van der Waals surface area contributed by atoms with Gasteiger partial charge in [0.1, 0.15) is 17.7 Å². The van der Waals surface area contributed by atoms with Crippen LogP contribution in [0.2, 0.25) is 0 Å². The van der Waals surface area contributed by atoms with Crippen LogP contribution < -0.4 is 10.6 Å². The fourth-order valence-corrected chi connectivity index (χ4v) is 5.75. The van der Waals surface area contributed by atoms with Gasteiger partial charge in [0.15, 0.2) is 0 Å². The van der Waals surface area contributed by atoms with E-state index in [1.54, 1.807) is 4.90 Å². The number of benzene rings is 2. The molecule has 1 saturated carbocycles. The lowest BCUT2D eigenvalue weighted by molar-refractivity contribution is -0.128. The number of hydrogen-bond donors (Lipinski definition) is 2. The molecule has 2 fully saturated rings.